The number of amides is 2. The van der Waals surface area contributed by atoms with Gasteiger partial charge in [0.2, 0.25) is 0 Å². The predicted molar refractivity (Wildman–Crippen MR) is 99.6 cm³/mol. The molecule has 0 bridgehead atoms. The minimum absolute atomic E-state index is 0.0147. The van der Waals surface area contributed by atoms with Crippen LogP contribution < -0.4 is 15.5 Å². The van der Waals surface area contributed by atoms with Gasteiger partial charge in [-0.15, -0.1) is 0 Å². The maximum absolute atomic E-state index is 11.9. The molecule has 7 nitrogen and oxygen atoms in total. The highest BCUT2D eigenvalue weighted by atomic mass is 16.5. The fourth-order valence-electron chi connectivity index (χ4n) is 2.23. The van der Waals surface area contributed by atoms with Crippen LogP contribution in [-0.2, 0) is 9.59 Å². The van der Waals surface area contributed by atoms with Crippen molar-refractivity contribution >= 4 is 23.7 Å². The number of nitrogens with zero attached hydrogens (tertiary/aromatic N) is 1. The van der Waals surface area contributed by atoms with Gasteiger partial charge in [0, 0.05) is 5.69 Å². The Kier molecular flexibility index (Phi) is 6.32. The summed E-state index contributed by atoms with van der Waals surface area (Å²) in [5.41, 5.74) is 5.26. The molecule has 0 radical (unpaired) electrons. The van der Waals surface area contributed by atoms with Crippen LogP contribution in [0.5, 0.6) is 11.5 Å². The second-order valence-corrected chi connectivity index (χ2v) is 5.63. The lowest BCUT2D eigenvalue weighted by Gasteiger charge is -2.08. The maximum atomic E-state index is 11.9. The van der Waals surface area contributed by atoms with Crippen LogP contribution in [0, 0.1) is 13.8 Å². The van der Waals surface area contributed by atoms with Crippen LogP contribution in [0.15, 0.2) is 41.5 Å². The van der Waals surface area contributed by atoms with Crippen molar-refractivity contribution in [3.8, 4) is 11.5 Å². The highest BCUT2D eigenvalue weighted by Gasteiger charge is 2.14. The van der Waals surface area contributed by atoms with E-state index in [0.717, 1.165) is 11.1 Å². The summed E-state index contributed by atoms with van der Waals surface area (Å²) in [6.07, 6.45) is 1.35. The number of hydrogen-bond donors (Lipinski definition) is 3. The lowest BCUT2D eigenvalue weighted by atomic mass is 10.1. The summed E-state index contributed by atoms with van der Waals surface area (Å²) in [6, 6.07) is 10.1. The Morgan fingerprint density at radius 3 is 2.62 bits per heavy atom. The van der Waals surface area contributed by atoms with Crippen LogP contribution in [0.25, 0.3) is 0 Å². The zero-order chi connectivity index (χ0) is 19.1. The average molecular weight is 355 g/mol. The molecule has 26 heavy (non-hydrogen) atoms. The van der Waals surface area contributed by atoms with Crippen LogP contribution in [0.3, 0.4) is 0 Å². The van der Waals surface area contributed by atoms with Gasteiger partial charge in [0.1, 0.15) is 0 Å². The Morgan fingerprint density at radius 2 is 1.92 bits per heavy atom. The fraction of sp³-hybridized carbons (Fsp3) is 0.211. The van der Waals surface area contributed by atoms with Crippen molar-refractivity contribution in [1.82, 2.24) is 5.43 Å². The van der Waals surface area contributed by atoms with Crippen LogP contribution in [-0.4, -0.2) is 29.7 Å². The van der Waals surface area contributed by atoms with E-state index in [1.165, 1.54) is 12.3 Å². The SMILES string of the molecule is CCOc1cc(C=NNC(=O)C(=O)Nc2ccc(C)cc2C)ccc1O. The van der Waals surface area contributed by atoms with Crippen molar-refractivity contribution in [1.29, 1.82) is 0 Å². The normalized spacial score (nSPS) is 10.6. The Labute approximate surface area is 151 Å². The van der Waals surface area contributed by atoms with Crippen LogP contribution in [0.4, 0.5) is 5.69 Å². The van der Waals surface area contributed by atoms with E-state index in [-0.39, 0.29) is 5.75 Å². The second-order valence-electron chi connectivity index (χ2n) is 5.63. The molecule has 7 heteroatoms. The minimum atomic E-state index is -0.884. The van der Waals surface area contributed by atoms with E-state index in [4.69, 9.17) is 4.74 Å². The van der Waals surface area contributed by atoms with Gasteiger partial charge in [-0.3, -0.25) is 9.59 Å². The molecule has 2 aromatic carbocycles. The van der Waals surface area contributed by atoms with Gasteiger partial charge >= 0.3 is 11.8 Å². The number of nitrogens with one attached hydrogen (secondary N) is 2. The van der Waals surface area contributed by atoms with E-state index in [9.17, 15) is 14.7 Å². The number of carbonyl (C=O) groups is 2. The number of carbonyl (C=O) groups excluding carboxylic acids is 2. The molecule has 0 spiro atoms. The first-order chi connectivity index (χ1) is 12.4. The van der Waals surface area contributed by atoms with Gasteiger partial charge in [0.05, 0.1) is 12.8 Å². The highest BCUT2D eigenvalue weighted by Crippen LogP contribution is 2.26. The van der Waals surface area contributed by atoms with Crippen molar-refractivity contribution in [3.05, 3.63) is 53.1 Å². The first kappa shape index (κ1) is 19.0. The Hall–Kier alpha value is -3.35. The van der Waals surface area contributed by atoms with Crippen molar-refractivity contribution in [2.45, 2.75) is 20.8 Å². The van der Waals surface area contributed by atoms with E-state index in [1.54, 1.807) is 25.1 Å². The molecule has 0 aliphatic carbocycles. The molecule has 2 aromatic rings. The highest BCUT2D eigenvalue weighted by molar-refractivity contribution is 6.39. The number of rotatable bonds is 5. The topological polar surface area (TPSA) is 100 Å². The molecule has 0 saturated heterocycles. The molecule has 0 aliphatic rings. The van der Waals surface area contributed by atoms with Crippen molar-refractivity contribution < 1.29 is 19.4 Å². The monoisotopic (exact) mass is 355 g/mol. The van der Waals surface area contributed by atoms with Gasteiger partial charge in [-0.05, 0) is 56.2 Å². The largest absolute Gasteiger partial charge is 0.504 e. The van der Waals surface area contributed by atoms with Gasteiger partial charge in [0.15, 0.2) is 11.5 Å². The second kappa shape index (κ2) is 8.66. The number of benzene rings is 2. The summed E-state index contributed by atoms with van der Waals surface area (Å²) in [5.74, 6) is -1.36. The summed E-state index contributed by atoms with van der Waals surface area (Å²) in [7, 11) is 0. The van der Waals surface area contributed by atoms with Crippen LogP contribution >= 0.6 is 0 Å². The van der Waals surface area contributed by atoms with E-state index >= 15 is 0 Å². The zero-order valence-corrected chi connectivity index (χ0v) is 14.9. The molecule has 2 amide bonds. The van der Waals surface area contributed by atoms with Crippen molar-refractivity contribution in [2.75, 3.05) is 11.9 Å². The van der Waals surface area contributed by atoms with E-state index < -0.39 is 11.8 Å². The van der Waals surface area contributed by atoms with E-state index in [1.807, 2.05) is 26.0 Å². The Bertz CT molecular complexity index is 847. The quantitative estimate of drug-likeness (QED) is 0.436. The number of anilines is 1. The van der Waals surface area contributed by atoms with Gasteiger partial charge in [0.25, 0.3) is 0 Å². The smallest absolute Gasteiger partial charge is 0.329 e. The summed E-state index contributed by atoms with van der Waals surface area (Å²) >= 11 is 0. The van der Waals surface area contributed by atoms with Crippen LogP contribution in [0.2, 0.25) is 0 Å². The first-order valence-corrected chi connectivity index (χ1v) is 8.08. The number of aryl methyl sites for hydroxylation is 2. The number of phenols is 1. The molecule has 3 N–H and O–H groups in total. The first-order valence-electron chi connectivity index (χ1n) is 8.08. The molecule has 0 aliphatic heterocycles. The molecular weight excluding hydrogens is 334 g/mol. The molecule has 0 saturated carbocycles. The third-order valence-electron chi connectivity index (χ3n) is 3.50. The third kappa shape index (κ3) is 5.07. The number of hydrazone groups is 1. The maximum Gasteiger partial charge on any atom is 0.329 e. The molecule has 0 unspecified atom stereocenters. The van der Waals surface area contributed by atoms with Crippen molar-refractivity contribution in [2.24, 2.45) is 5.10 Å². The number of ether oxygens (including phenoxy) is 1. The molecule has 136 valence electrons. The summed E-state index contributed by atoms with van der Waals surface area (Å²) < 4.78 is 5.27. The molecular formula is C19H21N3O4. The lowest BCUT2D eigenvalue weighted by Crippen LogP contribution is -2.32. The van der Waals surface area contributed by atoms with E-state index in [2.05, 4.69) is 15.8 Å². The van der Waals surface area contributed by atoms with Crippen LogP contribution in [0.1, 0.15) is 23.6 Å². The van der Waals surface area contributed by atoms with Crippen molar-refractivity contribution in [3.63, 3.8) is 0 Å². The zero-order valence-electron chi connectivity index (χ0n) is 14.9. The Balaban J connectivity index is 1.96. The summed E-state index contributed by atoms with van der Waals surface area (Å²) in [4.78, 5) is 23.8. The lowest BCUT2D eigenvalue weighted by molar-refractivity contribution is -0.136. The average Bonchev–Trinajstić information content (AvgIpc) is 2.60. The standard InChI is InChI=1S/C19H21N3O4/c1-4-26-17-10-14(6-8-16(17)23)11-20-22-19(25)18(24)21-15-7-5-12(2)9-13(15)3/h5-11,23H,4H2,1-3H3,(H,21,24)(H,22,25). The molecule has 2 rings (SSSR count). The molecule has 0 heterocycles. The molecule has 0 aromatic heterocycles. The van der Waals surface area contributed by atoms with E-state index in [0.29, 0.717) is 23.6 Å². The Morgan fingerprint density at radius 1 is 1.15 bits per heavy atom. The summed E-state index contributed by atoms with van der Waals surface area (Å²) in [6.45, 7) is 6.00. The number of hydrogen-bond acceptors (Lipinski definition) is 5. The van der Waals surface area contributed by atoms with Gasteiger partial charge in [-0.1, -0.05) is 17.7 Å². The minimum Gasteiger partial charge on any atom is -0.504 e. The molecule has 0 fully saturated rings. The third-order valence-corrected chi connectivity index (χ3v) is 3.50. The van der Waals surface area contributed by atoms with Gasteiger partial charge in [-0.2, -0.15) is 5.10 Å². The summed E-state index contributed by atoms with van der Waals surface area (Å²) in [5, 5.41) is 15.9. The number of phenolic OH excluding ortho intramolecular Hbond substituents is 1. The number of aromatic hydroxyl groups is 1. The van der Waals surface area contributed by atoms with Gasteiger partial charge < -0.3 is 15.2 Å². The van der Waals surface area contributed by atoms with Gasteiger partial charge in [-0.25, -0.2) is 5.43 Å². The molecule has 0 atom stereocenters. The predicted octanol–water partition coefficient (Wildman–Crippen LogP) is 2.50. The fourth-order valence-corrected chi connectivity index (χ4v) is 2.23.